The summed E-state index contributed by atoms with van der Waals surface area (Å²) in [6.07, 6.45) is 1.24. The third-order valence-corrected chi connectivity index (χ3v) is 5.19. The lowest BCUT2D eigenvalue weighted by molar-refractivity contribution is -0.125. The van der Waals surface area contributed by atoms with Crippen molar-refractivity contribution < 1.29 is 14.4 Å². The van der Waals surface area contributed by atoms with Crippen molar-refractivity contribution in [2.24, 2.45) is 0 Å². The molecule has 1 unspecified atom stereocenters. The molecule has 2 fully saturated rings. The van der Waals surface area contributed by atoms with E-state index in [2.05, 4.69) is 26.6 Å². The van der Waals surface area contributed by atoms with Crippen molar-refractivity contribution in [1.29, 1.82) is 0 Å². The zero-order valence-corrected chi connectivity index (χ0v) is 12.8. The van der Waals surface area contributed by atoms with Gasteiger partial charge in [0, 0.05) is 6.54 Å². The Labute approximate surface area is 127 Å². The molecule has 4 amide bonds. The van der Waals surface area contributed by atoms with Crippen LogP contribution >= 0.6 is 27.3 Å². The van der Waals surface area contributed by atoms with Crippen molar-refractivity contribution in [3.8, 4) is 0 Å². The second-order valence-electron chi connectivity index (χ2n) is 4.92. The molecule has 1 aromatic rings. The highest BCUT2D eigenvalue weighted by Crippen LogP contribution is 2.28. The quantitative estimate of drug-likeness (QED) is 0.744. The fourth-order valence-electron chi connectivity index (χ4n) is 2.63. The van der Waals surface area contributed by atoms with Crippen LogP contribution in [0.5, 0.6) is 0 Å². The van der Waals surface area contributed by atoms with E-state index in [0.717, 1.165) is 3.79 Å². The van der Waals surface area contributed by atoms with E-state index in [4.69, 9.17) is 0 Å². The molecule has 0 saturated carbocycles. The number of likely N-dealkylation sites (tertiary alicyclic amines) is 1. The molecule has 20 heavy (non-hydrogen) atoms. The van der Waals surface area contributed by atoms with Gasteiger partial charge in [0.05, 0.1) is 15.2 Å². The number of hydrogen-bond donors (Lipinski definition) is 2. The largest absolute Gasteiger partial charge is 0.335 e. The summed E-state index contributed by atoms with van der Waals surface area (Å²) in [6.45, 7) is 0.818. The number of carbonyl (C=O) groups excluding carboxylic acids is 3. The van der Waals surface area contributed by atoms with Crippen LogP contribution in [0.15, 0.2) is 15.9 Å². The molecule has 8 heteroatoms. The SMILES string of the molecule is O=C1NC(=O)C2(CCCN(C(=O)c3ccc(Br)s3)C2)N1. The van der Waals surface area contributed by atoms with Gasteiger partial charge < -0.3 is 10.2 Å². The molecular formula is C12H12BrN3O3S. The first-order valence-electron chi connectivity index (χ1n) is 6.18. The topological polar surface area (TPSA) is 78.5 Å². The molecule has 1 atom stereocenters. The van der Waals surface area contributed by atoms with Crippen molar-refractivity contribution >= 4 is 45.1 Å². The number of carbonyl (C=O) groups is 3. The van der Waals surface area contributed by atoms with Gasteiger partial charge in [-0.3, -0.25) is 14.9 Å². The lowest BCUT2D eigenvalue weighted by Crippen LogP contribution is -2.59. The maximum atomic E-state index is 12.4. The van der Waals surface area contributed by atoms with Crippen molar-refractivity contribution in [2.75, 3.05) is 13.1 Å². The number of halogens is 1. The molecule has 1 aromatic heterocycles. The lowest BCUT2D eigenvalue weighted by Gasteiger charge is -2.37. The Balaban J connectivity index is 1.80. The fourth-order valence-corrected chi connectivity index (χ4v) is 3.98. The molecule has 0 radical (unpaired) electrons. The first-order valence-corrected chi connectivity index (χ1v) is 7.79. The minimum atomic E-state index is -0.959. The van der Waals surface area contributed by atoms with Gasteiger partial charge in [-0.25, -0.2) is 4.79 Å². The van der Waals surface area contributed by atoms with Crippen LogP contribution in [0.25, 0.3) is 0 Å². The molecular weight excluding hydrogens is 346 g/mol. The van der Waals surface area contributed by atoms with E-state index in [9.17, 15) is 14.4 Å². The number of rotatable bonds is 1. The predicted molar refractivity (Wildman–Crippen MR) is 76.6 cm³/mol. The number of nitrogens with one attached hydrogen (secondary N) is 2. The monoisotopic (exact) mass is 357 g/mol. The molecule has 3 rings (SSSR count). The maximum absolute atomic E-state index is 12.4. The normalized spacial score (nSPS) is 25.8. The van der Waals surface area contributed by atoms with E-state index >= 15 is 0 Å². The Morgan fingerprint density at radius 3 is 2.80 bits per heavy atom. The Kier molecular flexibility index (Phi) is 3.29. The standard InChI is InChI=1S/C12H12BrN3O3S/c13-8-3-2-7(20-8)9(17)16-5-1-4-12(6-16)10(18)14-11(19)15-12/h2-3H,1,4-6H2,(H2,14,15,18,19). The molecule has 6 nitrogen and oxygen atoms in total. The van der Waals surface area contributed by atoms with Gasteiger partial charge in [-0.2, -0.15) is 0 Å². The van der Waals surface area contributed by atoms with Crippen LogP contribution in [-0.2, 0) is 4.79 Å². The summed E-state index contributed by atoms with van der Waals surface area (Å²) in [5.41, 5.74) is -0.959. The zero-order chi connectivity index (χ0) is 14.3. The summed E-state index contributed by atoms with van der Waals surface area (Å²) in [5.74, 6) is -0.443. The first kappa shape index (κ1) is 13.6. The summed E-state index contributed by atoms with van der Waals surface area (Å²) < 4.78 is 0.888. The van der Waals surface area contributed by atoms with Gasteiger partial charge >= 0.3 is 6.03 Å². The number of hydrogen-bond acceptors (Lipinski definition) is 4. The van der Waals surface area contributed by atoms with Crippen LogP contribution in [-0.4, -0.2) is 41.4 Å². The van der Waals surface area contributed by atoms with Gasteiger partial charge in [-0.1, -0.05) is 0 Å². The van der Waals surface area contributed by atoms with E-state index < -0.39 is 11.6 Å². The summed E-state index contributed by atoms with van der Waals surface area (Å²) in [4.78, 5) is 37.9. The Morgan fingerprint density at radius 2 is 2.20 bits per heavy atom. The first-order chi connectivity index (χ1) is 9.50. The predicted octanol–water partition coefficient (Wildman–Crippen LogP) is 1.32. The van der Waals surface area contributed by atoms with Gasteiger partial charge in [0.2, 0.25) is 0 Å². The van der Waals surface area contributed by atoms with Crippen molar-refractivity contribution in [2.45, 2.75) is 18.4 Å². The number of piperidine rings is 1. The van der Waals surface area contributed by atoms with E-state index in [1.54, 1.807) is 11.0 Å². The smallest absolute Gasteiger partial charge is 0.322 e. The minimum absolute atomic E-state index is 0.103. The molecule has 0 aromatic carbocycles. The average molecular weight is 358 g/mol. The second-order valence-corrected chi connectivity index (χ2v) is 7.39. The minimum Gasteiger partial charge on any atom is -0.335 e. The molecule has 1 spiro atoms. The Morgan fingerprint density at radius 1 is 1.40 bits per heavy atom. The van der Waals surface area contributed by atoms with Crippen molar-refractivity contribution in [3.63, 3.8) is 0 Å². The van der Waals surface area contributed by atoms with Crippen LogP contribution in [0.2, 0.25) is 0 Å². The highest BCUT2D eigenvalue weighted by Gasteiger charge is 2.49. The van der Waals surface area contributed by atoms with Crippen molar-refractivity contribution in [1.82, 2.24) is 15.5 Å². The van der Waals surface area contributed by atoms with Crippen molar-refractivity contribution in [3.05, 3.63) is 20.8 Å². The highest BCUT2D eigenvalue weighted by atomic mass is 79.9. The Bertz CT molecular complexity index is 603. The van der Waals surface area contributed by atoms with Crippen LogP contribution < -0.4 is 10.6 Å². The molecule has 2 aliphatic rings. The number of thiophene rings is 1. The van der Waals surface area contributed by atoms with Crippen LogP contribution in [0.1, 0.15) is 22.5 Å². The van der Waals surface area contributed by atoms with E-state index in [-0.39, 0.29) is 18.4 Å². The molecule has 2 saturated heterocycles. The maximum Gasteiger partial charge on any atom is 0.322 e. The number of imide groups is 1. The summed E-state index contributed by atoms with van der Waals surface area (Å²) in [5, 5.41) is 4.91. The third kappa shape index (κ3) is 2.22. The van der Waals surface area contributed by atoms with Gasteiger partial charge in [0.25, 0.3) is 11.8 Å². The zero-order valence-electron chi connectivity index (χ0n) is 10.4. The number of urea groups is 1. The fraction of sp³-hybridized carbons (Fsp3) is 0.417. The molecule has 3 heterocycles. The molecule has 0 bridgehead atoms. The second kappa shape index (κ2) is 4.85. The summed E-state index contributed by atoms with van der Waals surface area (Å²) in [7, 11) is 0. The molecule has 106 valence electrons. The summed E-state index contributed by atoms with van der Waals surface area (Å²) >= 11 is 4.69. The van der Waals surface area contributed by atoms with Crippen LogP contribution in [0.3, 0.4) is 0 Å². The van der Waals surface area contributed by atoms with Gasteiger partial charge in [-0.05, 0) is 40.9 Å². The average Bonchev–Trinajstić information content (AvgIpc) is 2.94. The van der Waals surface area contributed by atoms with Gasteiger partial charge in [-0.15, -0.1) is 11.3 Å². The lowest BCUT2D eigenvalue weighted by atomic mass is 9.89. The Hall–Kier alpha value is -1.41. The number of amides is 4. The molecule has 2 N–H and O–H groups in total. The van der Waals surface area contributed by atoms with E-state index in [1.807, 2.05) is 6.07 Å². The molecule has 2 aliphatic heterocycles. The van der Waals surface area contributed by atoms with Crippen LogP contribution in [0.4, 0.5) is 4.79 Å². The number of nitrogens with zero attached hydrogens (tertiary/aromatic N) is 1. The summed E-state index contributed by atoms with van der Waals surface area (Å²) in [6, 6.07) is 3.09. The van der Waals surface area contributed by atoms with Crippen LogP contribution in [0, 0.1) is 0 Å². The van der Waals surface area contributed by atoms with E-state index in [1.165, 1.54) is 11.3 Å². The van der Waals surface area contributed by atoms with Gasteiger partial charge in [0.1, 0.15) is 5.54 Å². The molecule has 0 aliphatic carbocycles. The van der Waals surface area contributed by atoms with Gasteiger partial charge in [0.15, 0.2) is 0 Å². The van der Waals surface area contributed by atoms with E-state index in [0.29, 0.717) is 24.3 Å². The highest BCUT2D eigenvalue weighted by molar-refractivity contribution is 9.11. The third-order valence-electron chi connectivity index (χ3n) is 3.58.